The predicted octanol–water partition coefficient (Wildman–Crippen LogP) is 4.48. The number of nitrogens with zero attached hydrogens (tertiary/aromatic N) is 5. The fourth-order valence-electron chi connectivity index (χ4n) is 4.83. The van der Waals surface area contributed by atoms with Gasteiger partial charge in [-0.15, -0.1) is 0 Å². The van der Waals surface area contributed by atoms with Crippen molar-refractivity contribution in [2.45, 2.75) is 27.7 Å². The minimum atomic E-state index is -1.20. The average Bonchev–Trinajstić information content (AvgIpc) is 2.77. The molecule has 1 aliphatic rings. The first-order valence-corrected chi connectivity index (χ1v) is 11.1. The van der Waals surface area contributed by atoms with Crippen molar-refractivity contribution in [2.24, 2.45) is 0 Å². The normalized spacial score (nSPS) is 15.2. The molecule has 1 N–H and O–H groups in total. The van der Waals surface area contributed by atoms with Crippen molar-refractivity contribution >= 4 is 29.0 Å². The highest BCUT2D eigenvalue weighted by Gasteiger charge is 2.42. The van der Waals surface area contributed by atoms with Crippen molar-refractivity contribution < 1.29 is 14.8 Å². The molecule has 0 atom stereocenters. The van der Waals surface area contributed by atoms with Crippen molar-refractivity contribution in [2.75, 3.05) is 31.1 Å². The Bertz CT molecular complexity index is 1240. The van der Waals surface area contributed by atoms with Gasteiger partial charge in [0.2, 0.25) is 5.82 Å². The number of pyridine rings is 2. The van der Waals surface area contributed by atoms with Gasteiger partial charge in [0.05, 0.1) is 18.0 Å². The summed E-state index contributed by atoms with van der Waals surface area (Å²) >= 11 is 0. The number of carboxylic acids is 1. The number of rotatable bonds is 5. The SMILES string of the molecule is Cc1cc(C)nc(N2CC[N+](c3cc(C)cc(C)n3)(c3ccc([N+](=O)[O-])cc3C(=O)O)CC2)c1. The molecule has 0 radical (unpaired) electrons. The number of anilines is 1. The van der Waals surface area contributed by atoms with Crippen molar-refractivity contribution in [3.8, 4) is 0 Å². The van der Waals surface area contributed by atoms with Crippen molar-refractivity contribution in [1.29, 1.82) is 0 Å². The molecule has 0 bridgehead atoms. The molecule has 2 aromatic heterocycles. The summed E-state index contributed by atoms with van der Waals surface area (Å²) in [7, 11) is 0. The lowest BCUT2D eigenvalue weighted by Gasteiger charge is -2.44. The number of hydrogen-bond donors (Lipinski definition) is 1. The smallest absolute Gasteiger partial charge is 0.342 e. The van der Waals surface area contributed by atoms with E-state index in [4.69, 9.17) is 9.97 Å². The van der Waals surface area contributed by atoms with E-state index >= 15 is 0 Å². The van der Waals surface area contributed by atoms with E-state index in [9.17, 15) is 20.0 Å². The van der Waals surface area contributed by atoms with E-state index in [0.29, 0.717) is 31.9 Å². The first kappa shape index (κ1) is 23.3. The van der Waals surface area contributed by atoms with Gasteiger partial charge in [-0.05, 0) is 57.0 Å². The van der Waals surface area contributed by atoms with Crippen LogP contribution in [0.25, 0.3) is 0 Å². The van der Waals surface area contributed by atoms with E-state index in [1.165, 1.54) is 6.07 Å². The number of quaternary nitrogens is 1. The molecule has 9 nitrogen and oxygen atoms in total. The highest BCUT2D eigenvalue weighted by Crippen LogP contribution is 2.40. The van der Waals surface area contributed by atoms with E-state index < -0.39 is 10.9 Å². The van der Waals surface area contributed by atoms with Crippen LogP contribution in [-0.4, -0.2) is 52.1 Å². The standard InChI is InChI=1S/C25H27N5O4/c1-16-11-18(3)26-23(13-16)28-7-9-30(10-8-28,24-14-17(2)12-19(4)27-24)22-6-5-20(29(33)34)15-21(22)25(31)32/h5-6,11-15H,7-10H2,1-4H3/p+1. The molecule has 3 heterocycles. The van der Waals surface area contributed by atoms with E-state index in [-0.39, 0.29) is 15.7 Å². The fraction of sp³-hybridized carbons (Fsp3) is 0.320. The van der Waals surface area contributed by atoms with Gasteiger partial charge in [-0.25, -0.2) is 19.2 Å². The third-order valence-corrected chi connectivity index (χ3v) is 6.32. The number of benzene rings is 1. The Hall–Kier alpha value is -3.85. The van der Waals surface area contributed by atoms with Crippen LogP contribution in [0.15, 0.2) is 42.5 Å². The summed E-state index contributed by atoms with van der Waals surface area (Å²) < 4.78 is 0.198. The van der Waals surface area contributed by atoms with Gasteiger partial charge < -0.3 is 10.0 Å². The second kappa shape index (κ2) is 8.83. The Kier molecular flexibility index (Phi) is 6.05. The molecule has 1 aromatic carbocycles. The third-order valence-electron chi connectivity index (χ3n) is 6.32. The number of nitro groups is 1. The second-order valence-electron chi connectivity index (χ2n) is 8.95. The monoisotopic (exact) mass is 462 g/mol. The summed E-state index contributed by atoms with van der Waals surface area (Å²) in [5.74, 6) is 0.437. The van der Waals surface area contributed by atoms with E-state index in [1.807, 2.05) is 45.9 Å². The summed E-state index contributed by atoms with van der Waals surface area (Å²) in [6.45, 7) is 10.2. The number of hydrogen-bond acceptors (Lipinski definition) is 6. The van der Waals surface area contributed by atoms with E-state index in [2.05, 4.69) is 11.0 Å². The van der Waals surface area contributed by atoms with Gasteiger partial charge in [-0.3, -0.25) is 10.1 Å². The molecule has 0 saturated carbocycles. The summed E-state index contributed by atoms with van der Waals surface area (Å²) in [6.07, 6.45) is 0. The Morgan fingerprint density at radius 3 is 2.15 bits per heavy atom. The van der Waals surface area contributed by atoms with Crippen LogP contribution in [0.4, 0.5) is 23.0 Å². The molecule has 1 saturated heterocycles. The molecule has 34 heavy (non-hydrogen) atoms. The highest BCUT2D eigenvalue weighted by molar-refractivity contribution is 5.95. The largest absolute Gasteiger partial charge is 0.477 e. The van der Waals surface area contributed by atoms with Crippen LogP contribution in [0.2, 0.25) is 0 Å². The van der Waals surface area contributed by atoms with E-state index in [0.717, 1.165) is 40.2 Å². The lowest BCUT2D eigenvalue weighted by molar-refractivity contribution is -0.384. The summed E-state index contributed by atoms with van der Waals surface area (Å²) in [5, 5.41) is 21.3. The lowest BCUT2D eigenvalue weighted by Crippen LogP contribution is -2.58. The van der Waals surface area contributed by atoms with Crippen LogP contribution in [0.1, 0.15) is 32.9 Å². The molecule has 3 aromatic rings. The maximum atomic E-state index is 12.2. The van der Waals surface area contributed by atoms with Crippen LogP contribution in [0, 0.1) is 37.8 Å². The molecule has 4 rings (SSSR count). The number of aromatic carboxylic acids is 1. The molecule has 176 valence electrons. The summed E-state index contributed by atoms with van der Waals surface area (Å²) in [4.78, 5) is 34.7. The van der Waals surface area contributed by atoms with Crippen LogP contribution in [0.3, 0.4) is 0 Å². The molecule has 1 fully saturated rings. The van der Waals surface area contributed by atoms with Gasteiger partial charge in [0.15, 0.2) is 5.69 Å². The third kappa shape index (κ3) is 4.34. The van der Waals surface area contributed by atoms with Crippen molar-refractivity contribution in [1.82, 2.24) is 14.5 Å². The number of carboxylic acid groups (broad SMARTS) is 1. The fourth-order valence-corrected chi connectivity index (χ4v) is 4.83. The predicted molar refractivity (Wildman–Crippen MR) is 131 cm³/mol. The van der Waals surface area contributed by atoms with Crippen LogP contribution >= 0.6 is 0 Å². The molecule has 1 aliphatic heterocycles. The zero-order valence-corrected chi connectivity index (χ0v) is 19.8. The molecule has 0 aliphatic carbocycles. The quantitative estimate of drug-likeness (QED) is 0.338. The lowest BCUT2D eigenvalue weighted by atomic mass is 10.0. The van der Waals surface area contributed by atoms with Gasteiger partial charge in [0.1, 0.15) is 24.5 Å². The molecule has 0 spiro atoms. The minimum absolute atomic E-state index is 0.0758. The average molecular weight is 463 g/mol. The van der Waals surface area contributed by atoms with Crippen molar-refractivity contribution in [3.05, 3.63) is 80.7 Å². The van der Waals surface area contributed by atoms with Gasteiger partial charge in [-0.2, -0.15) is 0 Å². The van der Waals surface area contributed by atoms with Gasteiger partial charge in [0.25, 0.3) is 5.69 Å². The van der Waals surface area contributed by atoms with E-state index in [1.54, 1.807) is 6.07 Å². The highest BCUT2D eigenvalue weighted by atomic mass is 16.6. The van der Waals surface area contributed by atoms with Gasteiger partial charge in [-0.1, -0.05) is 0 Å². The van der Waals surface area contributed by atoms with Gasteiger partial charge in [0, 0.05) is 35.7 Å². The maximum absolute atomic E-state index is 12.2. The Morgan fingerprint density at radius 1 is 0.971 bits per heavy atom. The zero-order valence-electron chi connectivity index (χ0n) is 19.8. The number of carbonyl (C=O) groups is 1. The molecule has 0 amide bonds. The molecular weight excluding hydrogens is 434 g/mol. The van der Waals surface area contributed by atoms with Crippen LogP contribution < -0.4 is 9.38 Å². The van der Waals surface area contributed by atoms with Crippen LogP contribution in [0.5, 0.6) is 0 Å². The maximum Gasteiger partial charge on any atom is 0.342 e. The molecular formula is C25H28N5O4+. The first-order chi connectivity index (χ1) is 16.1. The molecule has 0 unspecified atom stereocenters. The number of non-ortho nitro benzene ring substituents is 1. The number of aromatic nitrogens is 2. The van der Waals surface area contributed by atoms with Crippen molar-refractivity contribution in [3.63, 3.8) is 0 Å². The number of aryl methyl sites for hydroxylation is 4. The summed E-state index contributed by atoms with van der Waals surface area (Å²) in [5.41, 5.74) is 4.12. The number of nitro benzene ring substituents is 1. The Labute approximate surface area is 198 Å². The van der Waals surface area contributed by atoms with Crippen LogP contribution in [-0.2, 0) is 0 Å². The first-order valence-electron chi connectivity index (χ1n) is 11.1. The Morgan fingerprint density at radius 2 is 1.59 bits per heavy atom. The topological polar surface area (TPSA) is 109 Å². The minimum Gasteiger partial charge on any atom is -0.477 e. The number of piperazine rings is 1. The molecule has 9 heteroatoms. The zero-order chi connectivity index (χ0) is 24.6. The van der Waals surface area contributed by atoms with Gasteiger partial charge >= 0.3 is 5.97 Å². The second-order valence-corrected chi connectivity index (χ2v) is 8.95. The summed E-state index contributed by atoms with van der Waals surface area (Å²) in [6, 6.07) is 12.1. The Balaban J connectivity index is 1.84.